The summed E-state index contributed by atoms with van der Waals surface area (Å²) < 4.78 is 5.73. The topological polar surface area (TPSA) is 77.5 Å². The Bertz CT molecular complexity index is 1650. The lowest BCUT2D eigenvalue weighted by Gasteiger charge is -2.32. The second-order valence-corrected chi connectivity index (χ2v) is 10.8. The molecule has 7 nitrogen and oxygen atoms in total. The highest BCUT2D eigenvalue weighted by Gasteiger charge is 2.22. The molecule has 0 spiro atoms. The van der Waals surface area contributed by atoms with Crippen LogP contribution in [0.5, 0.6) is 11.6 Å². The maximum Gasteiger partial charge on any atom is 0.242 e. The predicted octanol–water partition coefficient (Wildman–Crippen LogP) is 6.04. The molecule has 1 fully saturated rings. The Balaban J connectivity index is 1.49. The van der Waals surface area contributed by atoms with E-state index in [1.807, 2.05) is 38.1 Å². The molecule has 204 valence electrons. The monoisotopic (exact) mass is 533 g/mol. The number of hydrogen-bond donors (Lipinski definition) is 2. The molecule has 2 aromatic heterocycles. The first-order valence-electron chi connectivity index (χ1n) is 13.7. The summed E-state index contributed by atoms with van der Waals surface area (Å²) in [6.45, 7) is 9.10. The van der Waals surface area contributed by atoms with E-state index in [2.05, 4.69) is 74.5 Å². The van der Waals surface area contributed by atoms with Crippen LogP contribution in [0.25, 0.3) is 44.5 Å². The molecule has 1 aliphatic rings. The Labute approximate surface area is 235 Å². The van der Waals surface area contributed by atoms with Crippen LogP contribution in [0.15, 0.2) is 66.7 Å². The van der Waals surface area contributed by atoms with Crippen molar-refractivity contribution in [1.82, 2.24) is 25.0 Å². The van der Waals surface area contributed by atoms with Crippen molar-refractivity contribution in [3.8, 4) is 45.3 Å². The van der Waals surface area contributed by atoms with Gasteiger partial charge < -0.3 is 19.7 Å². The number of nitrogens with one attached hydrogen (secondary N) is 1. The van der Waals surface area contributed by atoms with Gasteiger partial charge in [0.1, 0.15) is 5.75 Å². The average Bonchev–Trinajstić information content (AvgIpc) is 3.35. The van der Waals surface area contributed by atoms with Crippen molar-refractivity contribution >= 4 is 10.9 Å². The Morgan fingerprint density at radius 1 is 0.875 bits per heavy atom. The highest BCUT2D eigenvalue weighted by atomic mass is 16.5. The lowest BCUT2D eigenvalue weighted by molar-refractivity contribution is 0.148. The molecule has 0 unspecified atom stereocenters. The molecule has 7 heteroatoms. The van der Waals surface area contributed by atoms with Gasteiger partial charge >= 0.3 is 0 Å². The number of phenols is 1. The molecule has 0 saturated carbocycles. The molecule has 0 amide bonds. The van der Waals surface area contributed by atoms with Crippen LogP contribution >= 0.6 is 0 Å². The zero-order valence-electron chi connectivity index (χ0n) is 23.5. The van der Waals surface area contributed by atoms with Gasteiger partial charge in [0, 0.05) is 54.8 Å². The molecule has 1 saturated heterocycles. The van der Waals surface area contributed by atoms with Crippen LogP contribution in [0.1, 0.15) is 16.7 Å². The Kier molecular flexibility index (Phi) is 7.00. The third kappa shape index (κ3) is 4.94. The van der Waals surface area contributed by atoms with Gasteiger partial charge in [0.2, 0.25) is 5.88 Å². The first-order valence-corrected chi connectivity index (χ1v) is 13.7. The van der Waals surface area contributed by atoms with Crippen molar-refractivity contribution in [3.05, 3.63) is 83.4 Å². The molecular weight excluding hydrogens is 498 g/mol. The zero-order valence-corrected chi connectivity index (χ0v) is 23.5. The van der Waals surface area contributed by atoms with Crippen molar-refractivity contribution < 1.29 is 9.84 Å². The predicted molar refractivity (Wildman–Crippen MR) is 161 cm³/mol. The minimum absolute atomic E-state index is 0.305. The van der Waals surface area contributed by atoms with E-state index in [-0.39, 0.29) is 0 Å². The molecule has 0 radical (unpaired) electrons. The summed E-state index contributed by atoms with van der Waals surface area (Å²) in [5, 5.41) is 20.4. The fourth-order valence-corrected chi connectivity index (χ4v) is 5.67. The van der Waals surface area contributed by atoms with Crippen molar-refractivity contribution in [2.24, 2.45) is 0 Å². The third-order valence-corrected chi connectivity index (χ3v) is 7.94. The van der Waals surface area contributed by atoms with Gasteiger partial charge in [-0.3, -0.25) is 4.90 Å². The number of aromatic nitrogens is 3. The number of likely N-dealkylation sites (N-methyl/N-ethyl adjacent to an activating group) is 1. The van der Waals surface area contributed by atoms with Crippen LogP contribution in [0.3, 0.4) is 0 Å². The van der Waals surface area contributed by atoms with Gasteiger partial charge in [0.05, 0.1) is 24.1 Å². The van der Waals surface area contributed by atoms with E-state index >= 15 is 0 Å². The number of phenolic OH excluding ortho intramolecular Hbond substituents is 1. The number of nitrogens with zero attached hydrogens (tertiary/aromatic N) is 4. The Morgan fingerprint density at radius 3 is 2.30 bits per heavy atom. The summed E-state index contributed by atoms with van der Waals surface area (Å²) in [6.07, 6.45) is 0. The number of H-pyrrole nitrogens is 1. The Hall–Kier alpha value is -4.20. The largest absolute Gasteiger partial charge is 0.507 e. The molecule has 5 aromatic rings. The van der Waals surface area contributed by atoms with E-state index in [0.29, 0.717) is 11.6 Å². The normalized spacial score (nSPS) is 14.6. The Morgan fingerprint density at radius 2 is 1.60 bits per heavy atom. The van der Waals surface area contributed by atoms with Gasteiger partial charge in [-0.1, -0.05) is 42.5 Å². The van der Waals surface area contributed by atoms with E-state index < -0.39 is 0 Å². The second kappa shape index (κ2) is 10.8. The van der Waals surface area contributed by atoms with Crippen molar-refractivity contribution in [2.75, 3.05) is 40.3 Å². The molecule has 0 aliphatic carbocycles. The zero-order chi connectivity index (χ0) is 27.8. The summed E-state index contributed by atoms with van der Waals surface area (Å²) in [6, 6.07) is 23.1. The van der Waals surface area contributed by atoms with Crippen LogP contribution in [-0.2, 0) is 6.54 Å². The number of fused-ring (bicyclic) bond motifs is 1. The first-order chi connectivity index (χ1) is 19.4. The lowest BCUT2D eigenvalue weighted by Crippen LogP contribution is -2.43. The van der Waals surface area contributed by atoms with Crippen molar-refractivity contribution in [2.45, 2.75) is 20.4 Å². The van der Waals surface area contributed by atoms with Crippen LogP contribution in [-0.4, -0.2) is 70.4 Å². The number of aromatic amines is 1. The molecule has 3 aromatic carbocycles. The second-order valence-electron chi connectivity index (χ2n) is 10.8. The standard InChI is InChI=1S/C33H35N5O2/c1-21-16-25(17-22(2)32(21)39)28-19-27(33(40-4)36-35-28)31-30(24-8-6-5-7-9-24)26-11-10-23(18-29(26)34-31)20-38-14-12-37(3)13-15-38/h5-11,16-19,34,39H,12-15,20H2,1-4H3. The van der Waals surface area contributed by atoms with E-state index in [1.54, 1.807) is 7.11 Å². The number of aryl methyl sites for hydroxylation is 2. The first kappa shape index (κ1) is 26.0. The molecule has 3 heterocycles. The number of hydrogen-bond acceptors (Lipinski definition) is 6. The highest BCUT2D eigenvalue weighted by molar-refractivity contribution is 6.04. The van der Waals surface area contributed by atoms with Crippen molar-refractivity contribution in [1.29, 1.82) is 0 Å². The van der Waals surface area contributed by atoms with Crippen LogP contribution in [0, 0.1) is 13.8 Å². The fraction of sp³-hybridized carbons (Fsp3) is 0.273. The van der Waals surface area contributed by atoms with E-state index in [9.17, 15) is 5.11 Å². The molecule has 1 aliphatic heterocycles. The summed E-state index contributed by atoms with van der Waals surface area (Å²) in [7, 11) is 3.81. The average molecular weight is 534 g/mol. The molecule has 2 N–H and O–H groups in total. The van der Waals surface area contributed by atoms with Crippen LogP contribution in [0.4, 0.5) is 0 Å². The summed E-state index contributed by atoms with van der Waals surface area (Å²) in [4.78, 5) is 8.64. The molecule has 40 heavy (non-hydrogen) atoms. The van der Waals surface area contributed by atoms with Crippen LogP contribution in [0.2, 0.25) is 0 Å². The number of methoxy groups -OCH3 is 1. The maximum absolute atomic E-state index is 10.3. The number of benzene rings is 3. The maximum atomic E-state index is 10.3. The van der Waals surface area contributed by atoms with Gasteiger partial charge in [0.15, 0.2) is 0 Å². The van der Waals surface area contributed by atoms with Gasteiger partial charge in [-0.2, -0.15) is 0 Å². The quantitative estimate of drug-likeness (QED) is 0.277. The molecule has 6 rings (SSSR count). The SMILES string of the molecule is COc1nnc(-c2cc(C)c(O)c(C)c2)cc1-c1[nH]c2cc(CN3CCN(C)CC3)ccc2c1-c1ccccc1. The van der Waals surface area contributed by atoms with Crippen molar-refractivity contribution in [3.63, 3.8) is 0 Å². The van der Waals surface area contributed by atoms with Gasteiger partial charge in [-0.05, 0) is 67.4 Å². The van der Waals surface area contributed by atoms with Gasteiger partial charge in [-0.15, -0.1) is 10.2 Å². The smallest absolute Gasteiger partial charge is 0.242 e. The summed E-state index contributed by atoms with van der Waals surface area (Å²) in [5.41, 5.74) is 9.60. The minimum Gasteiger partial charge on any atom is -0.507 e. The number of piperazine rings is 1. The third-order valence-electron chi connectivity index (χ3n) is 7.94. The summed E-state index contributed by atoms with van der Waals surface area (Å²) in [5.74, 6) is 0.761. The molecular formula is C33H35N5O2. The van der Waals surface area contributed by atoms with E-state index in [1.165, 1.54) is 5.56 Å². The lowest BCUT2D eigenvalue weighted by atomic mass is 9.97. The molecule has 0 bridgehead atoms. The summed E-state index contributed by atoms with van der Waals surface area (Å²) >= 11 is 0. The van der Waals surface area contributed by atoms with E-state index in [0.717, 1.165) is 88.4 Å². The fourth-order valence-electron chi connectivity index (χ4n) is 5.67. The molecule has 0 atom stereocenters. The van der Waals surface area contributed by atoms with E-state index in [4.69, 9.17) is 4.74 Å². The van der Waals surface area contributed by atoms with Crippen LogP contribution < -0.4 is 4.74 Å². The minimum atomic E-state index is 0.305. The number of rotatable bonds is 6. The van der Waals surface area contributed by atoms with Gasteiger partial charge in [-0.25, -0.2) is 0 Å². The number of ether oxygens (including phenoxy) is 1. The highest BCUT2D eigenvalue weighted by Crippen LogP contribution is 2.42. The number of aromatic hydroxyl groups is 1. The van der Waals surface area contributed by atoms with Gasteiger partial charge in [0.25, 0.3) is 0 Å².